The van der Waals surface area contributed by atoms with E-state index in [9.17, 15) is 4.79 Å². The number of hydrogen-bond acceptors (Lipinski definition) is 4. The molecule has 1 amide bonds. The summed E-state index contributed by atoms with van der Waals surface area (Å²) < 4.78 is 5.70. The van der Waals surface area contributed by atoms with Gasteiger partial charge in [-0.1, -0.05) is 24.3 Å². The molecule has 0 unspecified atom stereocenters. The fourth-order valence-electron chi connectivity index (χ4n) is 3.88. The van der Waals surface area contributed by atoms with E-state index in [2.05, 4.69) is 47.5 Å². The van der Waals surface area contributed by atoms with Crippen molar-refractivity contribution in [3.63, 3.8) is 0 Å². The lowest BCUT2D eigenvalue weighted by Crippen LogP contribution is -2.48. The molecule has 1 aromatic carbocycles. The molecular weight excluding hydrogens is 344 g/mol. The maximum atomic E-state index is 12.9. The van der Waals surface area contributed by atoms with Crippen molar-refractivity contribution in [1.82, 2.24) is 9.80 Å². The van der Waals surface area contributed by atoms with Crippen LogP contribution < -0.4 is 0 Å². The summed E-state index contributed by atoms with van der Waals surface area (Å²) in [6, 6.07) is 10.8. The predicted octanol–water partition coefficient (Wildman–Crippen LogP) is 3.23. The van der Waals surface area contributed by atoms with E-state index < -0.39 is 0 Å². The fraction of sp³-hybridized carbons (Fsp3) is 0.476. The molecule has 1 saturated heterocycles. The zero-order chi connectivity index (χ0) is 17.9. The fourth-order valence-corrected chi connectivity index (χ4v) is 4.81. The number of carbonyl (C=O) groups is 1. The van der Waals surface area contributed by atoms with Crippen molar-refractivity contribution in [3.8, 4) is 0 Å². The molecule has 4 rings (SSSR count). The second-order valence-corrected chi connectivity index (χ2v) is 8.26. The van der Waals surface area contributed by atoms with Crippen LogP contribution in [0.25, 0.3) is 0 Å². The Balaban J connectivity index is 1.40. The molecule has 4 nitrogen and oxygen atoms in total. The number of thiophene rings is 1. The first-order valence-corrected chi connectivity index (χ1v) is 10.3. The molecule has 0 radical (unpaired) electrons. The summed E-state index contributed by atoms with van der Waals surface area (Å²) in [6.45, 7) is 6.97. The van der Waals surface area contributed by atoms with Gasteiger partial charge < -0.3 is 9.64 Å². The predicted molar refractivity (Wildman–Crippen MR) is 104 cm³/mol. The van der Waals surface area contributed by atoms with Gasteiger partial charge in [-0.2, -0.15) is 0 Å². The smallest absolute Gasteiger partial charge is 0.224 e. The number of benzene rings is 1. The topological polar surface area (TPSA) is 32.8 Å². The normalized spacial score (nSPS) is 20.8. The van der Waals surface area contributed by atoms with Crippen molar-refractivity contribution in [3.05, 3.63) is 57.3 Å². The van der Waals surface area contributed by atoms with Gasteiger partial charge in [0.15, 0.2) is 0 Å². The van der Waals surface area contributed by atoms with Crippen LogP contribution in [0.3, 0.4) is 0 Å². The third-order valence-corrected chi connectivity index (χ3v) is 6.57. The zero-order valence-corrected chi connectivity index (χ0v) is 16.1. The Morgan fingerprint density at radius 3 is 2.88 bits per heavy atom. The van der Waals surface area contributed by atoms with E-state index in [0.717, 1.165) is 39.2 Å². The van der Waals surface area contributed by atoms with Gasteiger partial charge in [0.2, 0.25) is 5.91 Å². The van der Waals surface area contributed by atoms with E-state index in [4.69, 9.17) is 4.74 Å². The van der Waals surface area contributed by atoms with Crippen molar-refractivity contribution >= 4 is 17.2 Å². The Kier molecular flexibility index (Phi) is 5.38. The van der Waals surface area contributed by atoms with Crippen molar-refractivity contribution < 1.29 is 9.53 Å². The lowest BCUT2D eigenvalue weighted by atomic mass is 9.99. The molecular formula is C21H26N2O2S. The quantitative estimate of drug-likeness (QED) is 0.828. The van der Waals surface area contributed by atoms with Gasteiger partial charge >= 0.3 is 0 Å². The van der Waals surface area contributed by atoms with Crippen LogP contribution in [0.1, 0.15) is 28.0 Å². The Labute approximate surface area is 159 Å². The summed E-state index contributed by atoms with van der Waals surface area (Å²) in [5, 5.41) is 2.15. The summed E-state index contributed by atoms with van der Waals surface area (Å²) in [4.78, 5) is 18.8. The highest BCUT2D eigenvalue weighted by molar-refractivity contribution is 7.10. The maximum absolute atomic E-state index is 12.9. The van der Waals surface area contributed by atoms with Crippen molar-refractivity contribution in [2.45, 2.75) is 38.9 Å². The van der Waals surface area contributed by atoms with Crippen LogP contribution in [0.5, 0.6) is 0 Å². The molecule has 0 N–H and O–H groups in total. The highest BCUT2D eigenvalue weighted by Gasteiger charge is 2.29. The van der Waals surface area contributed by atoms with Crippen molar-refractivity contribution in [2.75, 3.05) is 26.3 Å². The van der Waals surface area contributed by atoms with E-state index in [0.29, 0.717) is 13.0 Å². The highest BCUT2D eigenvalue weighted by atomic mass is 32.1. The molecule has 1 aromatic heterocycles. The Morgan fingerprint density at radius 2 is 2.08 bits per heavy atom. The van der Waals surface area contributed by atoms with Gasteiger partial charge in [0, 0.05) is 43.5 Å². The van der Waals surface area contributed by atoms with Gasteiger partial charge in [0.05, 0.1) is 13.2 Å². The monoisotopic (exact) mass is 370 g/mol. The van der Waals surface area contributed by atoms with E-state index in [1.54, 1.807) is 11.3 Å². The molecule has 0 saturated carbocycles. The summed E-state index contributed by atoms with van der Waals surface area (Å²) >= 11 is 1.81. The summed E-state index contributed by atoms with van der Waals surface area (Å²) in [5.41, 5.74) is 4.02. The highest BCUT2D eigenvalue weighted by Crippen LogP contribution is 2.23. The molecule has 2 aliphatic heterocycles. The molecule has 2 aromatic rings. The molecule has 0 aliphatic carbocycles. The van der Waals surface area contributed by atoms with Gasteiger partial charge in [0.1, 0.15) is 0 Å². The molecule has 138 valence electrons. The van der Waals surface area contributed by atoms with Crippen molar-refractivity contribution in [1.29, 1.82) is 0 Å². The standard InChI is InChI=1S/C21H26N2O2S/c1-16-7-11-26-20(16)14-22-9-10-25-15-19(22)12-21(24)23-8-6-17-4-2-3-5-18(17)13-23/h2-5,7,11,19H,6,8-10,12-15H2,1H3/t19-/m0/s1. The second kappa shape index (κ2) is 7.91. The van der Waals surface area contributed by atoms with E-state index in [1.165, 1.54) is 21.6 Å². The van der Waals surface area contributed by atoms with Gasteiger partial charge in [-0.05, 0) is 41.5 Å². The number of hydrogen-bond donors (Lipinski definition) is 0. The Hall–Kier alpha value is -1.69. The minimum atomic E-state index is 0.176. The minimum Gasteiger partial charge on any atom is -0.378 e. The first-order chi connectivity index (χ1) is 12.7. The van der Waals surface area contributed by atoms with E-state index in [1.807, 2.05) is 4.90 Å². The van der Waals surface area contributed by atoms with Crippen LogP contribution in [0.4, 0.5) is 0 Å². The van der Waals surface area contributed by atoms with E-state index >= 15 is 0 Å². The maximum Gasteiger partial charge on any atom is 0.224 e. The average Bonchev–Trinajstić information content (AvgIpc) is 3.07. The first kappa shape index (κ1) is 17.7. The van der Waals surface area contributed by atoms with Gasteiger partial charge in [-0.15, -0.1) is 11.3 Å². The SMILES string of the molecule is Cc1ccsc1CN1CCOC[C@@H]1CC(=O)N1CCc2ccccc2C1. The average molecular weight is 371 g/mol. The number of rotatable bonds is 4. The molecule has 0 spiro atoms. The molecule has 2 aliphatic rings. The number of fused-ring (bicyclic) bond motifs is 1. The second-order valence-electron chi connectivity index (χ2n) is 7.26. The van der Waals surface area contributed by atoms with Crippen LogP contribution >= 0.6 is 11.3 Å². The van der Waals surface area contributed by atoms with Crippen LogP contribution in [0, 0.1) is 6.92 Å². The lowest BCUT2D eigenvalue weighted by Gasteiger charge is -2.37. The summed E-state index contributed by atoms with van der Waals surface area (Å²) in [7, 11) is 0. The Morgan fingerprint density at radius 1 is 1.23 bits per heavy atom. The molecule has 5 heteroatoms. The van der Waals surface area contributed by atoms with Gasteiger partial charge in [0.25, 0.3) is 0 Å². The van der Waals surface area contributed by atoms with Gasteiger partial charge in [-0.25, -0.2) is 0 Å². The van der Waals surface area contributed by atoms with Crippen molar-refractivity contribution in [2.24, 2.45) is 0 Å². The Bertz CT molecular complexity index is 773. The van der Waals surface area contributed by atoms with Crippen LogP contribution in [0.15, 0.2) is 35.7 Å². The zero-order valence-electron chi connectivity index (χ0n) is 15.3. The number of nitrogens with zero attached hydrogens (tertiary/aromatic N) is 2. The van der Waals surface area contributed by atoms with E-state index in [-0.39, 0.29) is 11.9 Å². The third kappa shape index (κ3) is 3.85. The molecule has 1 atom stereocenters. The summed E-state index contributed by atoms with van der Waals surface area (Å²) in [5.74, 6) is 0.253. The summed E-state index contributed by atoms with van der Waals surface area (Å²) in [6.07, 6.45) is 1.51. The van der Waals surface area contributed by atoms with Crippen LogP contribution in [-0.4, -0.2) is 48.1 Å². The number of amides is 1. The largest absolute Gasteiger partial charge is 0.378 e. The minimum absolute atomic E-state index is 0.176. The molecule has 1 fully saturated rings. The third-order valence-electron chi connectivity index (χ3n) is 5.56. The number of carbonyl (C=O) groups excluding carboxylic acids is 1. The van der Waals surface area contributed by atoms with Gasteiger partial charge in [-0.3, -0.25) is 9.69 Å². The lowest BCUT2D eigenvalue weighted by molar-refractivity contribution is -0.135. The van der Waals surface area contributed by atoms with Crippen LogP contribution in [-0.2, 0) is 29.0 Å². The number of ether oxygens (including phenoxy) is 1. The first-order valence-electron chi connectivity index (χ1n) is 9.40. The number of aryl methyl sites for hydroxylation is 1. The molecule has 0 bridgehead atoms. The molecule has 26 heavy (non-hydrogen) atoms. The number of morpholine rings is 1. The molecule has 3 heterocycles. The van der Waals surface area contributed by atoms with Crippen LogP contribution in [0.2, 0.25) is 0 Å².